The molecule has 0 bridgehead atoms. The van der Waals surface area contributed by atoms with Crippen LogP contribution < -0.4 is 0 Å². The van der Waals surface area contributed by atoms with E-state index in [2.05, 4.69) is 52.3 Å². The number of nitrogens with zero attached hydrogens (tertiary/aromatic N) is 2. The van der Waals surface area contributed by atoms with Gasteiger partial charge >= 0.3 is 0 Å². The molecule has 0 aromatic heterocycles. The molecule has 25 heavy (non-hydrogen) atoms. The lowest BCUT2D eigenvalue weighted by molar-refractivity contribution is 0.0328. The number of hydrogen-bond donors (Lipinski definition) is 0. The second-order valence-electron chi connectivity index (χ2n) is 7.68. The Kier molecular flexibility index (Phi) is 5.12. The van der Waals surface area contributed by atoms with Crippen LogP contribution in [0.15, 0.2) is 54.6 Å². The zero-order chi connectivity index (χ0) is 17.1. The Morgan fingerprint density at radius 1 is 0.800 bits per heavy atom. The number of rotatable bonds is 4. The molecule has 2 heterocycles. The van der Waals surface area contributed by atoms with Crippen molar-refractivity contribution in [3.63, 3.8) is 0 Å². The molecule has 0 aliphatic carbocycles. The number of benzene rings is 2. The summed E-state index contributed by atoms with van der Waals surface area (Å²) >= 11 is 6.05. The van der Waals surface area contributed by atoms with Crippen molar-refractivity contribution in [1.29, 1.82) is 0 Å². The van der Waals surface area contributed by atoms with Crippen molar-refractivity contribution in [1.82, 2.24) is 9.80 Å². The summed E-state index contributed by atoms with van der Waals surface area (Å²) in [7, 11) is 0. The first-order chi connectivity index (χ1) is 12.2. The molecule has 1 atom stereocenters. The van der Waals surface area contributed by atoms with Crippen LogP contribution in [0.5, 0.6) is 0 Å². The number of halogens is 1. The summed E-state index contributed by atoms with van der Waals surface area (Å²) in [5.41, 5.74) is 3.18. The Morgan fingerprint density at radius 2 is 1.48 bits per heavy atom. The standard InChI is InChI=1S/C22H27ClN2/c23-21-10-8-20(9-11-21)17-25-15-5-13-22(25)12-4-14-24(18-22)16-19-6-2-1-3-7-19/h1-3,6-11H,4-5,12-18H2. The Hall–Kier alpha value is -1.35. The maximum Gasteiger partial charge on any atom is 0.0406 e. The molecule has 2 aliphatic heterocycles. The second-order valence-corrected chi connectivity index (χ2v) is 8.11. The second kappa shape index (κ2) is 7.49. The van der Waals surface area contributed by atoms with Crippen LogP contribution in [0.25, 0.3) is 0 Å². The van der Waals surface area contributed by atoms with Crippen molar-refractivity contribution in [2.75, 3.05) is 19.6 Å². The Labute approximate surface area is 156 Å². The van der Waals surface area contributed by atoms with E-state index in [1.807, 2.05) is 12.1 Å². The maximum absolute atomic E-state index is 6.05. The van der Waals surface area contributed by atoms with Gasteiger partial charge in [-0.3, -0.25) is 9.80 Å². The van der Waals surface area contributed by atoms with Crippen LogP contribution >= 0.6 is 11.6 Å². The van der Waals surface area contributed by atoms with Gasteiger partial charge in [-0.2, -0.15) is 0 Å². The quantitative estimate of drug-likeness (QED) is 0.764. The first kappa shape index (κ1) is 17.1. The molecular formula is C22H27ClN2. The van der Waals surface area contributed by atoms with Gasteiger partial charge in [0.2, 0.25) is 0 Å². The molecule has 0 N–H and O–H groups in total. The first-order valence-corrected chi connectivity index (χ1v) is 9.87. The van der Waals surface area contributed by atoms with E-state index < -0.39 is 0 Å². The van der Waals surface area contributed by atoms with Crippen LogP contribution in [-0.2, 0) is 13.1 Å². The molecule has 3 heteroatoms. The van der Waals surface area contributed by atoms with Crippen LogP contribution in [0.3, 0.4) is 0 Å². The molecule has 2 fully saturated rings. The average molecular weight is 355 g/mol. The summed E-state index contributed by atoms with van der Waals surface area (Å²) in [6.45, 7) is 5.79. The van der Waals surface area contributed by atoms with Crippen molar-refractivity contribution in [3.05, 3.63) is 70.7 Å². The van der Waals surface area contributed by atoms with Crippen LogP contribution in [0.4, 0.5) is 0 Å². The SMILES string of the molecule is Clc1ccc(CN2CCCC23CCCN(Cc2ccccc2)C3)cc1. The summed E-state index contributed by atoms with van der Waals surface area (Å²) in [5, 5.41) is 0.826. The van der Waals surface area contributed by atoms with Gasteiger partial charge in [-0.15, -0.1) is 0 Å². The molecule has 0 amide bonds. The van der Waals surface area contributed by atoms with E-state index in [1.54, 1.807) is 0 Å². The van der Waals surface area contributed by atoms with Gasteiger partial charge in [0.25, 0.3) is 0 Å². The third kappa shape index (κ3) is 3.92. The number of hydrogen-bond acceptors (Lipinski definition) is 2. The predicted octanol–water partition coefficient (Wildman–Crippen LogP) is 4.97. The fourth-order valence-corrected chi connectivity index (χ4v) is 4.82. The minimum absolute atomic E-state index is 0.368. The lowest BCUT2D eigenvalue weighted by Crippen LogP contribution is -2.55. The maximum atomic E-state index is 6.05. The molecular weight excluding hydrogens is 328 g/mol. The fourth-order valence-electron chi connectivity index (χ4n) is 4.70. The molecule has 2 saturated heterocycles. The highest BCUT2D eigenvalue weighted by Gasteiger charge is 2.43. The minimum atomic E-state index is 0.368. The number of piperidine rings is 1. The first-order valence-electron chi connectivity index (χ1n) is 9.49. The molecule has 1 unspecified atom stereocenters. The van der Waals surface area contributed by atoms with Gasteiger partial charge in [0.1, 0.15) is 0 Å². The normalized spacial score (nSPS) is 24.8. The van der Waals surface area contributed by atoms with Gasteiger partial charge < -0.3 is 0 Å². The van der Waals surface area contributed by atoms with E-state index >= 15 is 0 Å². The van der Waals surface area contributed by atoms with Crippen LogP contribution in [-0.4, -0.2) is 35.0 Å². The van der Waals surface area contributed by atoms with Crippen molar-refractivity contribution in [2.24, 2.45) is 0 Å². The highest BCUT2D eigenvalue weighted by molar-refractivity contribution is 6.30. The molecule has 132 valence electrons. The van der Waals surface area contributed by atoms with Gasteiger partial charge in [-0.25, -0.2) is 0 Å². The summed E-state index contributed by atoms with van der Waals surface area (Å²) in [5.74, 6) is 0. The lowest BCUT2D eigenvalue weighted by atomic mass is 9.86. The third-order valence-corrected chi connectivity index (χ3v) is 6.16. The summed E-state index contributed by atoms with van der Waals surface area (Å²) in [4.78, 5) is 5.41. The van der Waals surface area contributed by atoms with E-state index in [1.165, 1.54) is 56.4 Å². The van der Waals surface area contributed by atoms with E-state index in [9.17, 15) is 0 Å². The largest absolute Gasteiger partial charge is 0.297 e. The Bertz CT molecular complexity index is 685. The molecule has 2 nitrogen and oxygen atoms in total. The Morgan fingerprint density at radius 3 is 2.24 bits per heavy atom. The van der Waals surface area contributed by atoms with Crippen molar-refractivity contribution in [3.8, 4) is 0 Å². The van der Waals surface area contributed by atoms with E-state index in [0.717, 1.165) is 18.1 Å². The smallest absolute Gasteiger partial charge is 0.0406 e. The van der Waals surface area contributed by atoms with Gasteiger partial charge in [0.05, 0.1) is 0 Å². The summed E-state index contributed by atoms with van der Waals surface area (Å²) in [6, 6.07) is 19.3. The molecule has 4 rings (SSSR count). The molecule has 2 aromatic rings. The van der Waals surface area contributed by atoms with Crippen molar-refractivity contribution in [2.45, 2.75) is 44.3 Å². The molecule has 1 spiro atoms. The zero-order valence-electron chi connectivity index (χ0n) is 14.8. The molecule has 0 radical (unpaired) electrons. The fraction of sp³-hybridized carbons (Fsp3) is 0.455. The van der Waals surface area contributed by atoms with Crippen LogP contribution in [0.1, 0.15) is 36.8 Å². The van der Waals surface area contributed by atoms with E-state index in [0.29, 0.717) is 5.54 Å². The number of likely N-dealkylation sites (tertiary alicyclic amines) is 2. The topological polar surface area (TPSA) is 6.48 Å². The average Bonchev–Trinajstić information content (AvgIpc) is 2.99. The van der Waals surface area contributed by atoms with Crippen molar-refractivity contribution < 1.29 is 0 Å². The van der Waals surface area contributed by atoms with Gasteiger partial charge in [0.15, 0.2) is 0 Å². The predicted molar refractivity (Wildman–Crippen MR) is 105 cm³/mol. The molecule has 2 aliphatic rings. The highest BCUT2D eigenvalue weighted by Crippen LogP contribution is 2.38. The minimum Gasteiger partial charge on any atom is -0.297 e. The van der Waals surface area contributed by atoms with E-state index in [-0.39, 0.29) is 0 Å². The van der Waals surface area contributed by atoms with Crippen molar-refractivity contribution >= 4 is 11.6 Å². The highest BCUT2D eigenvalue weighted by atomic mass is 35.5. The van der Waals surface area contributed by atoms with Gasteiger partial charge in [-0.05, 0) is 62.0 Å². The van der Waals surface area contributed by atoms with Crippen LogP contribution in [0.2, 0.25) is 5.02 Å². The summed E-state index contributed by atoms with van der Waals surface area (Å²) < 4.78 is 0. The Balaban J connectivity index is 1.46. The summed E-state index contributed by atoms with van der Waals surface area (Å²) in [6.07, 6.45) is 5.31. The molecule has 0 saturated carbocycles. The monoisotopic (exact) mass is 354 g/mol. The van der Waals surface area contributed by atoms with Gasteiger partial charge in [-0.1, -0.05) is 54.1 Å². The van der Waals surface area contributed by atoms with E-state index in [4.69, 9.17) is 11.6 Å². The van der Waals surface area contributed by atoms with Gasteiger partial charge in [0, 0.05) is 30.2 Å². The molecule has 2 aromatic carbocycles. The lowest BCUT2D eigenvalue weighted by Gasteiger charge is -2.46. The van der Waals surface area contributed by atoms with Crippen LogP contribution in [0, 0.1) is 0 Å². The third-order valence-electron chi connectivity index (χ3n) is 5.91. The zero-order valence-corrected chi connectivity index (χ0v) is 15.6.